The standard InChI is InChI=1S/C9H11Br3N2O2/c1-13-8(15)7(12)6(5-11)14(9(13)16)4-2-3-10/h2-5H2,1H3. The number of alkyl halides is 2. The zero-order valence-electron chi connectivity index (χ0n) is 8.67. The summed E-state index contributed by atoms with van der Waals surface area (Å²) in [7, 11) is 1.48. The highest BCUT2D eigenvalue weighted by molar-refractivity contribution is 9.10. The Balaban J connectivity index is 3.45. The number of aromatic nitrogens is 2. The topological polar surface area (TPSA) is 44.0 Å². The van der Waals surface area contributed by atoms with Gasteiger partial charge in [0.25, 0.3) is 5.56 Å². The summed E-state index contributed by atoms with van der Waals surface area (Å²) in [6.07, 6.45) is 0.838. The third-order valence-electron chi connectivity index (χ3n) is 2.23. The van der Waals surface area contributed by atoms with Gasteiger partial charge in [-0.3, -0.25) is 13.9 Å². The van der Waals surface area contributed by atoms with E-state index in [2.05, 4.69) is 47.8 Å². The molecule has 16 heavy (non-hydrogen) atoms. The first-order valence-corrected chi connectivity index (χ1v) is 7.68. The van der Waals surface area contributed by atoms with Crippen molar-refractivity contribution in [2.45, 2.75) is 18.3 Å². The van der Waals surface area contributed by atoms with Gasteiger partial charge in [0.1, 0.15) is 4.47 Å². The molecule has 0 unspecified atom stereocenters. The molecule has 0 aliphatic heterocycles. The molecule has 0 aliphatic carbocycles. The van der Waals surface area contributed by atoms with Gasteiger partial charge in [-0.25, -0.2) is 4.79 Å². The highest BCUT2D eigenvalue weighted by Gasteiger charge is 2.13. The van der Waals surface area contributed by atoms with Crippen LogP contribution in [-0.4, -0.2) is 14.5 Å². The highest BCUT2D eigenvalue weighted by Crippen LogP contribution is 2.13. The van der Waals surface area contributed by atoms with Crippen LogP contribution in [0.5, 0.6) is 0 Å². The molecule has 1 aromatic rings. The Hall–Kier alpha value is 0.120. The van der Waals surface area contributed by atoms with E-state index in [0.29, 0.717) is 22.0 Å². The predicted octanol–water partition coefficient (Wildman–Crippen LogP) is 1.99. The maximum atomic E-state index is 11.9. The van der Waals surface area contributed by atoms with Crippen LogP contribution in [0.15, 0.2) is 14.1 Å². The summed E-state index contributed by atoms with van der Waals surface area (Å²) in [6.45, 7) is 0.595. The van der Waals surface area contributed by atoms with Crippen LogP contribution in [0, 0.1) is 0 Å². The molecule has 1 heterocycles. The van der Waals surface area contributed by atoms with Gasteiger partial charge in [-0.15, -0.1) is 0 Å². The van der Waals surface area contributed by atoms with Crippen molar-refractivity contribution in [1.29, 1.82) is 0 Å². The van der Waals surface area contributed by atoms with Crippen molar-refractivity contribution in [1.82, 2.24) is 9.13 Å². The lowest BCUT2D eigenvalue weighted by atomic mass is 10.4. The fourth-order valence-corrected chi connectivity index (χ4v) is 3.18. The molecule has 0 bridgehead atoms. The van der Waals surface area contributed by atoms with E-state index in [-0.39, 0.29) is 11.2 Å². The number of hydrogen-bond acceptors (Lipinski definition) is 2. The fraction of sp³-hybridized carbons (Fsp3) is 0.556. The first kappa shape index (κ1) is 14.2. The van der Waals surface area contributed by atoms with Gasteiger partial charge in [0.05, 0.1) is 5.69 Å². The van der Waals surface area contributed by atoms with E-state index >= 15 is 0 Å². The van der Waals surface area contributed by atoms with Gasteiger partial charge in [0.15, 0.2) is 0 Å². The minimum atomic E-state index is -0.297. The molecule has 0 radical (unpaired) electrons. The van der Waals surface area contributed by atoms with Crippen molar-refractivity contribution in [3.63, 3.8) is 0 Å². The third-order valence-corrected chi connectivity index (χ3v) is 4.12. The first-order chi connectivity index (χ1) is 7.54. The molecule has 4 nitrogen and oxygen atoms in total. The molecule has 0 saturated carbocycles. The Morgan fingerprint density at radius 2 is 1.88 bits per heavy atom. The number of hydrogen-bond donors (Lipinski definition) is 0. The summed E-state index contributed by atoms with van der Waals surface area (Å²) in [6, 6.07) is 0. The Bertz CT molecular complexity index is 493. The second kappa shape index (κ2) is 6.16. The van der Waals surface area contributed by atoms with Crippen LogP contribution < -0.4 is 11.2 Å². The van der Waals surface area contributed by atoms with Crippen molar-refractivity contribution >= 4 is 47.8 Å². The van der Waals surface area contributed by atoms with E-state index in [0.717, 1.165) is 16.3 Å². The number of nitrogens with zero attached hydrogens (tertiary/aromatic N) is 2. The van der Waals surface area contributed by atoms with E-state index in [1.165, 1.54) is 7.05 Å². The average molecular weight is 419 g/mol. The molecule has 1 rings (SSSR count). The normalized spacial score (nSPS) is 10.8. The summed E-state index contributed by atoms with van der Waals surface area (Å²) in [5.74, 6) is 0. The van der Waals surface area contributed by atoms with E-state index in [9.17, 15) is 9.59 Å². The molecule has 0 aromatic carbocycles. The van der Waals surface area contributed by atoms with E-state index in [4.69, 9.17) is 0 Å². The van der Waals surface area contributed by atoms with E-state index < -0.39 is 0 Å². The molecule has 0 saturated heterocycles. The van der Waals surface area contributed by atoms with Crippen molar-refractivity contribution in [2.75, 3.05) is 5.33 Å². The molecule has 0 fully saturated rings. The Morgan fingerprint density at radius 1 is 1.25 bits per heavy atom. The van der Waals surface area contributed by atoms with Crippen molar-refractivity contribution < 1.29 is 0 Å². The lowest BCUT2D eigenvalue weighted by Crippen LogP contribution is -2.40. The van der Waals surface area contributed by atoms with Gasteiger partial charge in [-0.2, -0.15) is 0 Å². The monoisotopic (exact) mass is 416 g/mol. The van der Waals surface area contributed by atoms with Crippen LogP contribution in [0.2, 0.25) is 0 Å². The molecule has 0 amide bonds. The maximum Gasteiger partial charge on any atom is 0.331 e. The predicted molar refractivity (Wildman–Crippen MR) is 74.7 cm³/mol. The van der Waals surface area contributed by atoms with Crippen molar-refractivity contribution in [2.24, 2.45) is 7.05 Å². The minimum absolute atomic E-state index is 0.274. The maximum absolute atomic E-state index is 11.9. The Labute approximate surface area is 118 Å². The van der Waals surface area contributed by atoms with Gasteiger partial charge in [0.2, 0.25) is 0 Å². The molecule has 0 atom stereocenters. The third kappa shape index (κ3) is 2.68. The quantitative estimate of drug-likeness (QED) is 0.702. The van der Waals surface area contributed by atoms with E-state index in [1.54, 1.807) is 4.57 Å². The molecule has 1 aromatic heterocycles. The van der Waals surface area contributed by atoms with Crippen LogP contribution >= 0.6 is 47.8 Å². The molecule has 0 aliphatic rings. The Kier molecular flexibility index (Phi) is 5.46. The van der Waals surface area contributed by atoms with Gasteiger partial charge in [0, 0.05) is 24.3 Å². The van der Waals surface area contributed by atoms with Gasteiger partial charge in [-0.1, -0.05) is 31.9 Å². The molecule has 90 valence electrons. The summed E-state index contributed by atoms with van der Waals surface area (Å²) in [5, 5.41) is 1.29. The molecule has 7 heteroatoms. The van der Waals surface area contributed by atoms with Crippen LogP contribution in [0.4, 0.5) is 0 Å². The van der Waals surface area contributed by atoms with Crippen LogP contribution in [0.25, 0.3) is 0 Å². The molecule has 0 N–H and O–H groups in total. The second-order valence-electron chi connectivity index (χ2n) is 3.24. The average Bonchev–Trinajstić information content (AvgIpc) is 2.29. The molecular weight excluding hydrogens is 408 g/mol. The molecule has 0 spiro atoms. The fourth-order valence-electron chi connectivity index (χ4n) is 1.35. The summed E-state index contributed by atoms with van der Waals surface area (Å²) in [5.41, 5.74) is 0.118. The lowest BCUT2D eigenvalue weighted by Gasteiger charge is -2.13. The number of halogens is 3. The summed E-state index contributed by atoms with van der Waals surface area (Å²) < 4.78 is 3.17. The zero-order valence-corrected chi connectivity index (χ0v) is 13.4. The van der Waals surface area contributed by atoms with Crippen LogP contribution in [0.3, 0.4) is 0 Å². The van der Waals surface area contributed by atoms with Crippen molar-refractivity contribution in [3.05, 3.63) is 31.0 Å². The van der Waals surface area contributed by atoms with E-state index in [1.807, 2.05) is 0 Å². The van der Waals surface area contributed by atoms with Crippen LogP contribution in [0.1, 0.15) is 12.1 Å². The number of rotatable bonds is 4. The second-order valence-corrected chi connectivity index (χ2v) is 5.38. The largest absolute Gasteiger partial charge is 0.331 e. The van der Waals surface area contributed by atoms with Gasteiger partial charge in [-0.05, 0) is 22.4 Å². The van der Waals surface area contributed by atoms with Crippen LogP contribution in [-0.2, 0) is 18.9 Å². The molecular formula is C9H11Br3N2O2. The lowest BCUT2D eigenvalue weighted by molar-refractivity contribution is 0.572. The van der Waals surface area contributed by atoms with Crippen molar-refractivity contribution in [3.8, 4) is 0 Å². The minimum Gasteiger partial charge on any atom is -0.296 e. The summed E-state index contributed by atoms with van der Waals surface area (Å²) in [4.78, 5) is 23.6. The smallest absolute Gasteiger partial charge is 0.296 e. The highest BCUT2D eigenvalue weighted by atomic mass is 79.9. The van der Waals surface area contributed by atoms with Gasteiger partial charge < -0.3 is 0 Å². The zero-order chi connectivity index (χ0) is 12.3. The SMILES string of the molecule is Cn1c(=O)c(Br)c(CBr)n(CCCBr)c1=O. The Morgan fingerprint density at radius 3 is 2.38 bits per heavy atom. The van der Waals surface area contributed by atoms with Gasteiger partial charge >= 0.3 is 5.69 Å². The first-order valence-electron chi connectivity index (χ1n) is 4.64. The summed E-state index contributed by atoms with van der Waals surface area (Å²) >= 11 is 9.85.